The largest absolute Gasteiger partial charge is 0.493 e. The maximum absolute atomic E-state index is 13.4. The normalized spacial score (nSPS) is 14.4. The Morgan fingerprint density at radius 1 is 0.891 bits per heavy atom. The number of unbranched alkanes of at least 4 members (excludes halogenated alkanes) is 3. The van der Waals surface area contributed by atoms with Crippen molar-refractivity contribution >= 4 is 17.6 Å². The smallest absolute Gasteiger partial charge is 0.336 e. The summed E-state index contributed by atoms with van der Waals surface area (Å²) in [4.78, 5) is 37.1. The number of allylic oxidation sites excluding steroid dienone is 2. The number of non-ortho nitro benzene ring substituents is 1. The van der Waals surface area contributed by atoms with Gasteiger partial charge in [0.05, 0.1) is 62.2 Å². The van der Waals surface area contributed by atoms with Crippen LogP contribution in [0.25, 0.3) is 11.3 Å². The molecule has 46 heavy (non-hydrogen) atoms. The fourth-order valence-corrected chi connectivity index (χ4v) is 5.39. The van der Waals surface area contributed by atoms with Crippen molar-refractivity contribution < 1.29 is 38.2 Å². The van der Waals surface area contributed by atoms with Gasteiger partial charge in [-0.1, -0.05) is 18.2 Å². The average molecular weight is 635 g/mol. The molecule has 0 radical (unpaired) electrons. The molecule has 0 amide bonds. The van der Waals surface area contributed by atoms with Crippen molar-refractivity contribution in [3.8, 4) is 28.6 Å². The lowest BCUT2D eigenvalue weighted by Gasteiger charge is -2.30. The highest BCUT2D eigenvalue weighted by atomic mass is 16.6. The van der Waals surface area contributed by atoms with Crippen LogP contribution in [0.3, 0.4) is 0 Å². The van der Waals surface area contributed by atoms with Crippen LogP contribution in [0.15, 0.2) is 71.1 Å². The molecule has 3 aromatic rings. The number of aromatic nitrogens is 2. The van der Waals surface area contributed by atoms with Gasteiger partial charge in [0.25, 0.3) is 5.69 Å². The summed E-state index contributed by atoms with van der Waals surface area (Å²) in [6.07, 6.45) is 3.02. The van der Waals surface area contributed by atoms with Gasteiger partial charge < -0.3 is 29.0 Å². The van der Waals surface area contributed by atoms with Crippen LogP contribution in [0, 0.1) is 10.1 Å². The Labute approximate surface area is 266 Å². The predicted octanol–water partition coefficient (Wildman–Crippen LogP) is 5.59. The number of ether oxygens (including phenoxy) is 5. The Morgan fingerprint density at radius 2 is 1.59 bits per heavy atom. The zero-order valence-electron chi connectivity index (χ0n) is 26.5. The molecule has 0 fully saturated rings. The SMILES string of the molecule is COC(=O)C1=C(C)NC(C)=C(C(=O)OCCCCCCOc2cc(-c3cccc(OC)c3OC)[nH]n2)C1c1cccc([N+](=O)[O-])c1. The van der Waals surface area contributed by atoms with E-state index in [4.69, 9.17) is 23.7 Å². The van der Waals surface area contributed by atoms with E-state index in [0.29, 0.717) is 47.4 Å². The lowest BCUT2D eigenvalue weighted by atomic mass is 9.80. The van der Waals surface area contributed by atoms with Crippen LogP contribution in [0.4, 0.5) is 5.69 Å². The third kappa shape index (κ3) is 7.65. The number of rotatable bonds is 15. The van der Waals surface area contributed by atoms with Crippen LogP contribution in [-0.4, -0.2) is 61.6 Å². The molecule has 244 valence electrons. The number of hydrogen-bond acceptors (Lipinski definition) is 11. The van der Waals surface area contributed by atoms with E-state index < -0.39 is 22.8 Å². The van der Waals surface area contributed by atoms with Crippen molar-refractivity contribution in [2.45, 2.75) is 45.4 Å². The maximum atomic E-state index is 13.4. The average Bonchev–Trinajstić information content (AvgIpc) is 3.53. The number of dihydropyridines is 1. The van der Waals surface area contributed by atoms with Gasteiger partial charge in [0.15, 0.2) is 11.5 Å². The van der Waals surface area contributed by atoms with Crippen molar-refractivity contribution in [2.24, 2.45) is 0 Å². The third-order valence-corrected chi connectivity index (χ3v) is 7.57. The van der Waals surface area contributed by atoms with E-state index in [2.05, 4.69) is 15.5 Å². The Kier molecular flexibility index (Phi) is 11.4. The van der Waals surface area contributed by atoms with Gasteiger partial charge in [-0.05, 0) is 57.2 Å². The Hall–Kier alpha value is -5.33. The summed E-state index contributed by atoms with van der Waals surface area (Å²) in [6.45, 7) is 4.02. The third-order valence-electron chi connectivity index (χ3n) is 7.57. The van der Waals surface area contributed by atoms with Gasteiger partial charge in [0, 0.05) is 35.2 Å². The molecule has 2 heterocycles. The number of para-hydroxylation sites is 1. The molecule has 0 aliphatic carbocycles. The summed E-state index contributed by atoms with van der Waals surface area (Å²) < 4.78 is 27.3. The molecule has 13 heteroatoms. The Bertz CT molecular complexity index is 1640. The molecule has 0 saturated heterocycles. The topological polar surface area (TPSA) is 164 Å². The highest BCUT2D eigenvalue weighted by Gasteiger charge is 2.38. The first-order valence-corrected chi connectivity index (χ1v) is 14.8. The number of nitrogens with one attached hydrogen (secondary N) is 2. The van der Waals surface area contributed by atoms with Gasteiger partial charge in [-0.3, -0.25) is 15.2 Å². The summed E-state index contributed by atoms with van der Waals surface area (Å²) in [5.41, 5.74) is 3.17. The minimum absolute atomic E-state index is 0.155. The number of carbonyl (C=O) groups excluding carboxylic acids is 2. The van der Waals surface area contributed by atoms with Gasteiger partial charge >= 0.3 is 11.9 Å². The number of methoxy groups -OCH3 is 3. The molecule has 2 N–H and O–H groups in total. The first-order valence-electron chi connectivity index (χ1n) is 14.8. The van der Waals surface area contributed by atoms with Crippen molar-refractivity contribution in [3.63, 3.8) is 0 Å². The molecule has 1 unspecified atom stereocenters. The summed E-state index contributed by atoms with van der Waals surface area (Å²) in [7, 11) is 4.41. The molecular formula is C33H38N4O9. The maximum Gasteiger partial charge on any atom is 0.336 e. The first kappa shape index (κ1) is 33.6. The van der Waals surface area contributed by atoms with Crippen molar-refractivity contribution in [3.05, 3.63) is 86.7 Å². The molecular weight excluding hydrogens is 596 g/mol. The van der Waals surface area contributed by atoms with Crippen LogP contribution >= 0.6 is 0 Å². The van der Waals surface area contributed by atoms with Gasteiger partial charge in [-0.15, -0.1) is 5.10 Å². The standard InChI is InChI=1S/C33H38N4O9/c1-20-28(32(38)44-5)30(22-12-10-13-23(18-22)37(40)41)29(21(2)34-20)33(39)46-17-9-7-6-8-16-45-27-19-25(35-36-27)24-14-11-15-26(42-3)31(24)43-4/h10-15,18-19,30,34H,6-9,16-17H2,1-5H3,(H,35,36). The van der Waals surface area contributed by atoms with Crippen molar-refractivity contribution in [2.75, 3.05) is 34.5 Å². The molecule has 2 aromatic carbocycles. The van der Waals surface area contributed by atoms with Gasteiger partial charge in [0.1, 0.15) is 0 Å². The van der Waals surface area contributed by atoms with Crippen LogP contribution in [0.5, 0.6) is 17.4 Å². The summed E-state index contributed by atoms with van der Waals surface area (Å²) in [6, 6.07) is 13.3. The highest BCUT2D eigenvalue weighted by molar-refractivity contribution is 5.99. The molecule has 1 aromatic heterocycles. The van der Waals surface area contributed by atoms with E-state index in [1.165, 1.54) is 25.3 Å². The number of esters is 2. The second-order valence-corrected chi connectivity index (χ2v) is 10.5. The summed E-state index contributed by atoms with van der Waals surface area (Å²) >= 11 is 0. The second-order valence-electron chi connectivity index (χ2n) is 10.5. The summed E-state index contributed by atoms with van der Waals surface area (Å²) in [5, 5.41) is 21.7. The zero-order valence-corrected chi connectivity index (χ0v) is 26.5. The molecule has 0 spiro atoms. The molecule has 4 rings (SSSR count). The van der Waals surface area contributed by atoms with E-state index in [-0.39, 0.29) is 23.4 Å². The quantitative estimate of drug-likeness (QED) is 0.0926. The van der Waals surface area contributed by atoms with Gasteiger partial charge in [-0.2, -0.15) is 0 Å². The number of nitro groups is 1. The lowest BCUT2D eigenvalue weighted by Crippen LogP contribution is -2.32. The van der Waals surface area contributed by atoms with E-state index in [0.717, 1.165) is 30.5 Å². The number of hydrogen-bond donors (Lipinski definition) is 2. The second kappa shape index (κ2) is 15.6. The molecule has 1 atom stereocenters. The van der Waals surface area contributed by atoms with E-state index in [9.17, 15) is 19.7 Å². The minimum Gasteiger partial charge on any atom is -0.493 e. The van der Waals surface area contributed by atoms with Crippen LogP contribution in [-0.2, 0) is 19.1 Å². The van der Waals surface area contributed by atoms with E-state index in [1.807, 2.05) is 18.2 Å². The molecule has 1 aliphatic rings. The van der Waals surface area contributed by atoms with Crippen molar-refractivity contribution in [1.82, 2.24) is 15.5 Å². The molecule has 13 nitrogen and oxygen atoms in total. The Balaban J connectivity index is 1.29. The predicted molar refractivity (Wildman–Crippen MR) is 168 cm³/mol. The highest BCUT2D eigenvalue weighted by Crippen LogP contribution is 2.40. The van der Waals surface area contributed by atoms with Crippen molar-refractivity contribution in [1.29, 1.82) is 0 Å². The van der Waals surface area contributed by atoms with Crippen LogP contribution in [0.2, 0.25) is 0 Å². The number of aromatic amines is 1. The van der Waals surface area contributed by atoms with Gasteiger partial charge in [-0.25, -0.2) is 9.59 Å². The number of nitro benzene ring substituents is 1. The van der Waals surface area contributed by atoms with Crippen LogP contribution in [0.1, 0.15) is 51.0 Å². The fraction of sp³-hybridized carbons (Fsp3) is 0.364. The van der Waals surface area contributed by atoms with E-state index >= 15 is 0 Å². The molecule has 1 aliphatic heterocycles. The van der Waals surface area contributed by atoms with Gasteiger partial charge in [0.2, 0.25) is 5.88 Å². The lowest BCUT2D eigenvalue weighted by molar-refractivity contribution is -0.384. The Morgan fingerprint density at radius 3 is 2.26 bits per heavy atom. The molecule has 0 bridgehead atoms. The summed E-state index contributed by atoms with van der Waals surface area (Å²) in [5.74, 6) is -0.473. The monoisotopic (exact) mass is 634 g/mol. The number of carbonyl (C=O) groups is 2. The molecule has 0 saturated carbocycles. The zero-order chi connectivity index (χ0) is 33.2. The minimum atomic E-state index is -0.897. The van der Waals surface area contributed by atoms with E-state index in [1.54, 1.807) is 40.2 Å². The number of H-pyrrole nitrogens is 1. The first-order chi connectivity index (χ1) is 22.2. The fourth-order valence-electron chi connectivity index (χ4n) is 5.39. The number of benzene rings is 2. The number of nitrogens with zero attached hydrogens (tertiary/aromatic N) is 2. The van der Waals surface area contributed by atoms with Crippen LogP contribution < -0.4 is 19.5 Å².